The van der Waals surface area contributed by atoms with Crippen molar-refractivity contribution in [2.24, 2.45) is 0 Å². The van der Waals surface area contributed by atoms with Crippen molar-refractivity contribution in [3.63, 3.8) is 0 Å². The minimum atomic E-state index is -1.08. The van der Waals surface area contributed by atoms with E-state index in [9.17, 15) is 9.59 Å². The average molecular weight is 290 g/mol. The third-order valence-corrected chi connectivity index (χ3v) is 3.31. The van der Waals surface area contributed by atoms with Gasteiger partial charge in [0.05, 0.1) is 17.4 Å². The van der Waals surface area contributed by atoms with E-state index in [1.165, 1.54) is 22.7 Å². The molecule has 0 saturated heterocycles. The summed E-state index contributed by atoms with van der Waals surface area (Å²) in [5.74, 6) is -1.24. The SMILES string of the molecule is C=CCN(CC(=O)O)C(=O)c1ccccc1SCC#N. The molecule has 104 valence electrons. The Morgan fingerprint density at radius 3 is 2.75 bits per heavy atom. The molecule has 0 bridgehead atoms. The first-order chi connectivity index (χ1) is 9.60. The molecule has 5 nitrogen and oxygen atoms in total. The summed E-state index contributed by atoms with van der Waals surface area (Å²) in [6.45, 7) is 3.29. The van der Waals surface area contributed by atoms with E-state index in [1.54, 1.807) is 24.3 Å². The van der Waals surface area contributed by atoms with Gasteiger partial charge in [-0.3, -0.25) is 9.59 Å². The Morgan fingerprint density at radius 1 is 1.45 bits per heavy atom. The highest BCUT2D eigenvalue weighted by atomic mass is 32.2. The van der Waals surface area contributed by atoms with Crippen LogP contribution in [0.15, 0.2) is 41.8 Å². The summed E-state index contributed by atoms with van der Waals surface area (Å²) in [6, 6.07) is 8.83. The number of hydrogen-bond donors (Lipinski definition) is 1. The second-order valence-electron chi connectivity index (χ2n) is 3.81. The molecule has 1 amide bonds. The molecule has 0 spiro atoms. The van der Waals surface area contributed by atoms with Gasteiger partial charge in [-0.15, -0.1) is 18.3 Å². The number of amides is 1. The number of nitrogens with zero attached hydrogens (tertiary/aromatic N) is 2. The number of carbonyl (C=O) groups is 2. The van der Waals surface area contributed by atoms with Crippen LogP contribution >= 0.6 is 11.8 Å². The fourth-order valence-corrected chi connectivity index (χ4v) is 2.29. The van der Waals surface area contributed by atoms with Crippen molar-refractivity contribution < 1.29 is 14.7 Å². The largest absolute Gasteiger partial charge is 0.480 e. The van der Waals surface area contributed by atoms with Gasteiger partial charge in [-0.1, -0.05) is 18.2 Å². The first-order valence-electron chi connectivity index (χ1n) is 5.81. The maximum atomic E-state index is 12.4. The molecule has 0 aliphatic rings. The van der Waals surface area contributed by atoms with Gasteiger partial charge in [0.2, 0.25) is 0 Å². The zero-order chi connectivity index (χ0) is 15.0. The van der Waals surface area contributed by atoms with Gasteiger partial charge >= 0.3 is 5.97 Å². The van der Waals surface area contributed by atoms with Crippen LogP contribution in [-0.4, -0.2) is 40.7 Å². The van der Waals surface area contributed by atoms with E-state index in [0.29, 0.717) is 10.5 Å². The molecule has 0 atom stereocenters. The van der Waals surface area contributed by atoms with Crippen molar-refractivity contribution in [2.45, 2.75) is 4.90 Å². The molecular formula is C14H14N2O3S. The quantitative estimate of drug-likeness (QED) is 0.613. The minimum Gasteiger partial charge on any atom is -0.480 e. The summed E-state index contributed by atoms with van der Waals surface area (Å²) in [4.78, 5) is 25.0. The zero-order valence-corrected chi connectivity index (χ0v) is 11.6. The average Bonchev–Trinajstić information content (AvgIpc) is 2.44. The lowest BCUT2D eigenvalue weighted by Gasteiger charge is -2.20. The summed E-state index contributed by atoms with van der Waals surface area (Å²) in [5.41, 5.74) is 0.399. The van der Waals surface area contributed by atoms with Gasteiger partial charge in [-0.2, -0.15) is 5.26 Å². The highest BCUT2D eigenvalue weighted by molar-refractivity contribution is 7.99. The van der Waals surface area contributed by atoms with E-state index in [4.69, 9.17) is 10.4 Å². The van der Waals surface area contributed by atoms with Crippen LogP contribution in [0, 0.1) is 11.3 Å². The molecule has 6 heteroatoms. The van der Waals surface area contributed by atoms with Crippen molar-refractivity contribution in [1.29, 1.82) is 5.26 Å². The van der Waals surface area contributed by atoms with E-state index in [1.807, 2.05) is 6.07 Å². The fourth-order valence-electron chi connectivity index (χ4n) is 1.59. The minimum absolute atomic E-state index is 0.155. The fraction of sp³-hybridized carbons (Fsp3) is 0.214. The van der Waals surface area contributed by atoms with Crippen LogP contribution in [-0.2, 0) is 4.79 Å². The third kappa shape index (κ3) is 4.44. The lowest BCUT2D eigenvalue weighted by molar-refractivity contribution is -0.137. The maximum Gasteiger partial charge on any atom is 0.323 e. The Bertz CT molecular complexity index is 552. The van der Waals surface area contributed by atoms with Crippen molar-refractivity contribution in [2.75, 3.05) is 18.8 Å². The van der Waals surface area contributed by atoms with Crippen LogP contribution in [0.4, 0.5) is 0 Å². The number of carboxylic acids is 1. The molecule has 1 aromatic rings. The summed E-state index contributed by atoms with van der Waals surface area (Å²) >= 11 is 1.25. The van der Waals surface area contributed by atoms with Crippen LogP contribution in [0.25, 0.3) is 0 Å². The summed E-state index contributed by atoms with van der Waals surface area (Å²) in [5, 5.41) is 17.5. The molecule has 0 radical (unpaired) electrons. The predicted molar refractivity (Wildman–Crippen MR) is 76.5 cm³/mol. The van der Waals surface area contributed by atoms with E-state index in [0.717, 1.165) is 0 Å². The molecule has 0 saturated carbocycles. The molecular weight excluding hydrogens is 276 g/mol. The molecule has 0 heterocycles. The Hall–Kier alpha value is -2.26. The highest BCUT2D eigenvalue weighted by Gasteiger charge is 2.19. The van der Waals surface area contributed by atoms with E-state index >= 15 is 0 Å². The molecule has 0 fully saturated rings. The Balaban J connectivity index is 3.01. The zero-order valence-electron chi connectivity index (χ0n) is 10.8. The first kappa shape index (κ1) is 15.8. The Morgan fingerprint density at radius 2 is 2.15 bits per heavy atom. The third-order valence-electron chi connectivity index (χ3n) is 2.37. The molecule has 1 aromatic carbocycles. The van der Waals surface area contributed by atoms with E-state index < -0.39 is 5.97 Å². The second kappa shape index (κ2) is 8.02. The second-order valence-corrected chi connectivity index (χ2v) is 4.83. The van der Waals surface area contributed by atoms with Crippen LogP contribution in [0.3, 0.4) is 0 Å². The number of hydrogen-bond acceptors (Lipinski definition) is 4. The molecule has 1 rings (SSSR count). The monoisotopic (exact) mass is 290 g/mol. The van der Waals surface area contributed by atoms with Crippen molar-refractivity contribution in [1.82, 2.24) is 4.90 Å². The molecule has 0 aliphatic heterocycles. The Labute approximate surface area is 121 Å². The number of benzene rings is 1. The maximum absolute atomic E-state index is 12.4. The van der Waals surface area contributed by atoms with Crippen LogP contribution < -0.4 is 0 Å². The number of thioether (sulfide) groups is 1. The van der Waals surface area contributed by atoms with E-state index in [2.05, 4.69) is 6.58 Å². The van der Waals surface area contributed by atoms with E-state index in [-0.39, 0.29) is 24.7 Å². The van der Waals surface area contributed by atoms with Gasteiger partial charge < -0.3 is 10.0 Å². The number of carboxylic acid groups (broad SMARTS) is 1. The number of rotatable bonds is 7. The van der Waals surface area contributed by atoms with Crippen molar-refractivity contribution >= 4 is 23.6 Å². The lowest BCUT2D eigenvalue weighted by Crippen LogP contribution is -2.36. The van der Waals surface area contributed by atoms with Gasteiger partial charge in [0.25, 0.3) is 5.91 Å². The van der Waals surface area contributed by atoms with Gasteiger partial charge in [-0.05, 0) is 12.1 Å². The summed E-state index contributed by atoms with van der Waals surface area (Å²) in [7, 11) is 0. The number of aliphatic carboxylic acids is 1. The first-order valence-corrected chi connectivity index (χ1v) is 6.79. The number of carbonyl (C=O) groups excluding carboxylic acids is 1. The summed E-state index contributed by atoms with van der Waals surface area (Å²) in [6.07, 6.45) is 1.48. The highest BCUT2D eigenvalue weighted by Crippen LogP contribution is 2.23. The molecule has 0 aromatic heterocycles. The normalized spacial score (nSPS) is 9.55. The van der Waals surface area contributed by atoms with Crippen molar-refractivity contribution in [3.05, 3.63) is 42.5 Å². The predicted octanol–water partition coefficient (Wildman–Crippen LogP) is 2.02. The van der Waals surface area contributed by atoms with Crippen LogP contribution in [0.1, 0.15) is 10.4 Å². The standard InChI is InChI=1S/C14H14N2O3S/c1-2-8-16(10-13(17)18)14(19)11-5-3-4-6-12(11)20-9-7-15/h2-6H,1,8-10H2,(H,17,18). The van der Waals surface area contributed by atoms with Crippen LogP contribution in [0.2, 0.25) is 0 Å². The number of nitriles is 1. The summed E-state index contributed by atoms with van der Waals surface area (Å²) < 4.78 is 0. The molecule has 0 aliphatic carbocycles. The topological polar surface area (TPSA) is 81.4 Å². The van der Waals surface area contributed by atoms with Gasteiger partial charge in [0.1, 0.15) is 6.54 Å². The van der Waals surface area contributed by atoms with Gasteiger partial charge in [-0.25, -0.2) is 0 Å². The molecule has 20 heavy (non-hydrogen) atoms. The Kier molecular flexibility index (Phi) is 6.33. The van der Waals surface area contributed by atoms with Crippen LogP contribution in [0.5, 0.6) is 0 Å². The smallest absolute Gasteiger partial charge is 0.323 e. The van der Waals surface area contributed by atoms with Gasteiger partial charge in [0, 0.05) is 11.4 Å². The lowest BCUT2D eigenvalue weighted by atomic mass is 10.2. The molecule has 0 unspecified atom stereocenters. The molecule has 1 N–H and O–H groups in total. The van der Waals surface area contributed by atoms with Crippen molar-refractivity contribution in [3.8, 4) is 6.07 Å². The van der Waals surface area contributed by atoms with Gasteiger partial charge in [0.15, 0.2) is 0 Å².